The first-order valence-corrected chi connectivity index (χ1v) is 12.1. The molecule has 9 heteroatoms. The van der Waals surface area contributed by atoms with E-state index in [1.807, 2.05) is 6.07 Å². The normalized spacial score (nSPS) is 14.8. The van der Waals surface area contributed by atoms with Crippen molar-refractivity contribution in [2.75, 3.05) is 24.5 Å². The number of aromatic nitrogens is 3. The number of fused-ring (bicyclic) bond motifs is 1. The van der Waals surface area contributed by atoms with E-state index in [2.05, 4.69) is 44.8 Å². The van der Waals surface area contributed by atoms with Crippen LogP contribution >= 0.6 is 0 Å². The van der Waals surface area contributed by atoms with Crippen LogP contribution in [0, 0.1) is 11.7 Å². The lowest BCUT2D eigenvalue weighted by Gasteiger charge is -2.32. The summed E-state index contributed by atoms with van der Waals surface area (Å²) in [5, 5.41) is 13.0. The number of carbonyl (C=O) groups excluding carboxylic acids is 1. The molecule has 3 N–H and O–H groups in total. The number of nitrogens with zero attached hydrogens (tertiary/aromatic N) is 4. The highest BCUT2D eigenvalue weighted by Gasteiger charge is 2.22. The molecule has 8 nitrogen and oxygen atoms in total. The van der Waals surface area contributed by atoms with Crippen LogP contribution in [0.25, 0.3) is 10.9 Å². The number of carbonyl (C=O) groups is 1. The first kappa shape index (κ1) is 24.1. The van der Waals surface area contributed by atoms with Crippen LogP contribution in [0.2, 0.25) is 0 Å². The predicted octanol–water partition coefficient (Wildman–Crippen LogP) is 4.06. The van der Waals surface area contributed by atoms with E-state index in [9.17, 15) is 9.18 Å². The molecule has 0 spiro atoms. The fraction of sp³-hybridized carbons (Fsp3) is 0.480. The third-order valence-electron chi connectivity index (χ3n) is 6.87. The van der Waals surface area contributed by atoms with E-state index in [1.54, 1.807) is 17.6 Å². The Hall–Kier alpha value is -3.04. The molecule has 0 atom stereocenters. The molecule has 4 rings (SSSR count). The lowest BCUT2D eigenvalue weighted by Crippen LogP contribution is -2.38. The van der Waals surface area contributed by atoms with E-state index in [0.717, 1.165) is 61.8 Å². The minimum absolute atomic E-state index is 0.158. The molecule has 1 saturated heterocycles. The Morgan fingerprint density at radius 2 is 1.91 bits per heavy atom. The van der Waals surface area contributed by atoms with Gasteiger partial charge in [-0.05, 0) is 55.8 Å². The van der Waals surface area contributed by atoms with Crippen molar-refractivity contribution in [3.05, 3.63) is 53.7 Å². The average Bonchev–Trinajstić information content (AvgIpc) is 3.24. The summed E-state index contributed by atoms with van der Waals surface area (Å²) in [7, 11) is 0. The van der Waals surface area contributed by atoms with Crippen LogP contribution in [0.1, 0.15) is 61.5 Å². The second kappa shape index (κ2) is 10.9. The molecule has 1 aromatic carbocycles. The summed E-state index contributed by atoms with van der Waals surface area (Å²) in [4.78, 5) is 22.0. The van der Waals surface area contributed by atoms with Crippen molar-refractivity contribution in [2.45, 2.75) is 52.1 Å². The highest BCUT2D eigenvalue weighted by atomic mass is 19.1. The molecule has 1 amide bonds. The Bertz CT molecular complexity index is 1100. The molecule has 1 aliphatic heterocycles. The maximum absolute atomic E-state index is 14.7. The number of piperidine rings is 1. The zero-order valence-electron chi connectivity index (χ0n) is 19.8. The number of nitrogens with one attached hydrogen (secondary N) is 2. The van der Waals surface area contributed by atoms with Gasteiger partial charge >= 0.3 is 0 Å². The van der Waals surface area contributed by atoms with Gasteiger partial charge in [-0.15, -0.1) is 0 Å². The predicted molar refractivity (Wildman–Crippen MR) is 129 cm³/mol. The number of rotatable bonds is 9. The topological polar surface area (TPSA) is 95.3 Å². The number of anilines is 1. The SMILES string of the molecule is CCC(CC)n1cc(CNCC2CCN(c3ncc(C(=O)NO)cn3)CC2)c2c(F)cccc21. The summed E-state index contributed by atoms with van der Waals surface area (Å²) in [6.07, 6.45) is 8.99. The fourth-order valence-electron chi connectivity index (χ4n) is 4.88. The van der Waals surface area contributed by atoms with E-state index in [1.165, 1.54) is 12.4 Å². The molecule has 2 aromatic heterocycles. The largest absolute Gasteiger partial charge is 0.344 e. The number of hydrogen-bond acceptors (Lipinski definition) is 6. The van der Waals surface area contributed by atoms with E-state index < -0.39 is 5.91 Å². The van der Waals surface area contributed by atoms with Gasteiger partial charge in [0.2, 0.25) is 5.95 Å². The van der Waals surface area contributed by atoms with Crippen LogP contribution in [0.15, 0.2) is 36.8 Å². The minimum Gasteiger partial charge on any atom is -0.344 e. The molecule has 34 heavy (non-hydrogen) atoms. The van der Waals surface area contributed by atoms with Gasteiger partial charge in [0.15, 0.2) is 0 Å². The Kier molecular flexibility index (Phi) is 7.74. The van der Waals surface area contributed by atoms with E-state index in [-0.39, 0.29) is 11.4 Å². The Labute approximate surface area is 199 Å². The highest BCUT2D eigenvalue weighted by Crippen LogP contribution is 2.30. The molecule has 0 aliphatic carbocycles. The number of hydroxylamine groups is 1. The van der Waals surface area contributed by atoms with Crippen LogP contribution in [0.5, 0.6) is 0 Å². The van der Waals surface area contributed by atoms with Crippen molar-refractivity contribution in [1.29, 1.82) is 0 Å². The Morgan fingerprint density at radius 3 is 2.56 bits per heavy atom. The Morgan fingerprint density at radius 1 is 1.21 bits per heavy atom. The maximum atomic E-state index is 14.7. The summed E-state index contributed by atoms with van der Waals surface area (Å²) in [6, 6.07) is 5.72. The van der Waals surface area contributed by atoms with Crippen molar-refractivity contribution in [3.63, 3.8) is 0 Å². The van der Waals surface area contributed by atoms with Crippen LogP contribution in [-0.4, -0.2) is 45.3 Å². The number of halogens is 1. The summed E-state index contributed by atoms with van der Waals surface area (Å²) in [5.41, 5.74) is 3.78. The van der Waals surface area contributed by atoms with Crippen molar-refractivity contribution in [3.8, 4) is 0 Å². The van der Waals surface area contributed by atoms with E-state index in [0.29, 0.717) is 24.5 Å². The van der Waals surface area contributed by atoms with Crippen molar-refractivity contribution >= 4 is 22.8 Å². The summed E-state index contributed by atoms with van der Waals surface area (Å²) in [6.45, 7) is 7.53. The molecule has 1 aliphatic rings. The second-order valence-corrected chi connectivity index (χ2v) is 8.94. The molecule has 1 fully saturated rings. The monoisotopic (exact) mass is 468 g/mol. The third-order valence-corrected chi connectivity index (χ3v) is 6.87. The van der Waals surface area contributed by atoms with Gasteiger partial charge in [-0.3, -0.25) is 10.0 Å². The lowest BCUT2D eigenvalue weighted by atomic mass is 9.97. The summed E-state index contributed by atoms with van der Waals surface area (Å²) < 4.78 is 17.0. The minimum atomic E-state index is -0.626. The molecule has 0 unspecified atom stereocenters. The summed E-state index contributed by atoms with van der Waals surface area (Å²) >= 11 is 0. The van der Waals surface area contributed by atoms with Crippen LogP contribution in [-0.2, 0) is 6.54 Å². The standard InChI is InChI=1S/C25H33FN6O2/c1-3-20(4-2)32-16-19(23-21(26)6-5-7-22(23)32)13-27-12-17-8-10-31(11-9-17)25-28-14-18(15-29-25)24(33)30-34/h5-7,14-17,20,27,34H,3-4,8-13H2,1-2H3,(H,30,33). The van der Waals surface area contributed by atoms with Gasteiger partial charge < -0.3 is 14.8 Å². The number of hydrogen-bond donors (Lipinski definition) is 3. The van der Waals surface area contributed by atoms with E-state index >= 15 is 0 Å². The number of benzene rings is 1. The molecule has 3 aromatic rings. The van der Waals surface area contributed by atoms with Gasteiger partial charge in [0.25, 0.3) is 5.91 Å². The fourth-order valence-corrected chi connectivity index (χ4v) is 4.88. The lowest BCUT2D eigenvalue weighted by molar-refractivity contribution is 0.0705. The molecule has 182 valence electrons. The zero-order chi connectivity index (χ0) is 24.1. The van der Waals surface area contributed by atoms with Crippen LogP contribution in [0.4, 0.5) is 10.3 Å². The first-order chi connectivity index (χ1) is 16.5. The van der Waals surface area contributed by atoms with Crippen molar-refractivity contribution in [1.82, 2.24) is 25.3 Å². The quantitative estimate of drug-likeness (QED) is 0.324. The van der Waals surface area contributed by atoms with Crippen molar-refractivity contribution < 1.29 is 14.4 Å². The second-order valence-electron chi connectivity index (χ2n) is 8.94. The van der Waals surface area contributed by atoms with Gasteiger partial charge in [-0.1, -0.05) is 19.9 Å². The average molecular weight is 469 g/mol. The van der Waals surface area contributed by atoms with Gasteiger partial charge in [-0.2, -0.15) is 0 Å². The van der Waals surface area contributed by atoms with Gasteiger partial charge in [-0.25, -0.2) is 19.8 Å². The summed E-state index contributed by atoms with van der Waals surface area (Å²) in [5.74, 6) is 0.326. The van der Waals surface area contributed by atoms with Gasteiger partial charge in [0.1, 0.15) is 5.82 Å². The molecule has 0 saturated carbocycles. The third kappa shape index (κ3) is 5.05. The van der Waals surface area contributed by atoms with Gasteiger partial charge in [0.05, 0.1) is 11.1 Å². The molecule has 3 heterocycles. The Balaban J connectivity index is 1.33. The van der Waals surface area contributed by atoms with Crippen LogP contribution in [0.3, 0.4) is 0 Å². The smallest absolute Gasteiger partial charge is 0.277 e. The van der Waals surface area contributed by atoms with E-state index in [4.69, 9.17) is 5.21 Å². The van der Waals surface area contributed by atoms with Gasteiger partial charge in [0, 0.05) is 49.7 Å². The molecule has 0 radical (unpaired) electrons. The zero-order valence-corrected chi connectivity index (χ0v) is 19.8. The highest BCUT2D eigenvalue weighted by molar-refractivity contribution is 5.92. The molecular weight excluding hydrogens is 435 g/mol. The maximum Gasteiger partial charge on any atom is 0.277 e. The van der Waals surface area contributed by atoms with Crippen LogP contribution < -0.4 is 15.7 Å². The first-order valence-electron chi connectivity index (χ1n) is 12.1. The molecule has 0 bridgehead atoms. The number of amides is 1. The van der Waals surface area contributed by atoms with Crippen molar-refractivity contribution in [2.24, 2.45) is 5.92 Å². The molecular formula is C25H33FN6O2.